The topological polar surface area (TPSA) is 20.2 Å². The fraction of sp³-hybridized carbons (Fsp3) is 0.111. The van der Waals surface area contributed by atoms with E-state index in [4.69, 9.17) is 5.11 Å². The summed E-state index contributed by atoms with van der Waals surface area (Å²) in [5, 5.41) is 8.48. The molecular formula is C9H8BrFO. The smallest absolute Gasteiger partial charge is 0.137 e. The van der Waals surface area contributed by atoms with Crippen LogP contribution in [0, 0.1) is 5.82 Å². The lowest BCUT2D eigenvalue weighted by Gasteiger charge is -1.95. The van der Waals surface area contributed by atoms with E-state index >= 15 is 0 Å². The Kier molecular flexibility index (Phi) is 3.44. The van der Waals surface area contributed by atoms with E-state index in [1.54, 1.807) is 24.3 Å². The SMILES string of the molecule is OCC=Cc1ccc(F)c(Br)c1. The van der Waals surface area contributed by atoms with Crippen molar-refractivity contribution in [3.8, 4) is 0 Å². The van der Waals surface area contributed by atoms with Crippen LogP contribution in [0.3, 0.4) is 0 Å². The van der Waals surface area contributed by atoms with Crippen LogP contribution in [0.5, 0.6) is 0 Å². The molecule has 0 radical (unpaired) electrons. The van der Waals surface area contributed by atoms with Gasteiger partial charge in [-0.1, -0.05) is 18.2 Å². The minimum absolute atomic E-state index is 0.00496. The van der Waals surface area contributed by atoms with E-state index in [-0.39, 0.29) is 12.4 Å². The van der Waals surface area contributed by atoms with Crippen molar-refractivity contribution in [2.24, 2.45) is 0 Å². The third-order valence-electron chi connectivity index (χ3n) is 1.36. The molecule has 1 nitrogen and oxygen atoms in total. The predicted molar refractivity (Wildman–Crippen MR) is 50.2 cm³/mol. The van der Waals surface area contributed by atoms with Crippen molar-refractivity contribution >= 4 is 22.0 Å². The van der Waals surface area contributed by atoms with Gasteiger partial charge in [-0.25, -0.2) is 4.39 Å². The van der Waals surface area contributed by atoms with Gasteiger partial charge in [0.2, 0.25) is 0 Å². The van der Waals surface area contributed by atoms with Crippen LogP contribution in [-0.4, -0.2) is 11.7 Å². The summed E-state index contributed by atoms with van der Waals surface area (Å²) in [4.78, 5) is 0. The largest absolute Gasteiger partial charge is 0.392 e. The number of halogens is 2. The lowest BCUT2D eigenvalue weighted by molar-refractivity contribution is 0.343. The van der Waals surface area contributed by atoms with Crippen LogP contribution in [0.2, 0.25) is 0 Å². The maximum absolute atomic E-state index is 12.7. The summed E-state index contributed by atoms with van der Waals surface area (Å²) < 4.78 is 13.1. The van der Waals surface area contributed by atoms with Crippen LogP contribution in [0.4, 0.5) is 4.39 Å². The Morgan fingerprint density at radius 2 is 2.25 bits per heavy atom. The predicted octanol–water partition coefficient (Wildman–Crippen LogP) is 2.59. The Hall–Kier alpha value is -0.670. The zero-order valence-corrected chi connectivity index (χ0v) is 7.88. The lowest BCUT2D eigenvalue weighted by atomic mass is 10.2. The molecule has 0 amide bonds. The Morgan fingerprint density at radius 1 is 1.50 bits per heavy atom. The average Bonchev–Trinajstić information content (AvgIpc) is 2.07. The second-order valence-electron chi connectivity index (χ2n) is 2.26. The highest BCUT2D eigenvalue weighted by Gasteiger charge is 1.96. The normalized spacial score (nSPS) is 10.9. The monoisotopic (exact) mass is 230 g/mol. The minimum atomic E-state index is -0.281. The summed E-state index contributed by atoms with van der Waals surface area (Å²) in [5.41, 5.74) is 0.859. The second-order valence-corrected chi connectivity index (χ2v) is 3.11. The molecule has 1 rings (SSSR count). The molecule has 1 aromatic rings. The molecule has 0 unspecified atom stereocenters. The van der Waals surface area contributed by atoms with Gasteiger partial charge in [-0.2, -0.15) is 0 Å². The molecule has 0 atom stereocenters. The van der Waals surface area contributed by atoms with Gasteiger partial charge in [-0.15, -0.1) is 0 Å². The maximum Gasteiger partial charge on any atom is 0.137 e. The van der Waals surface area contributed by atoms with E-state index in [0.29, 0.717) is 4.47 Å². The Balaban J connectivity index is 2.89. The molecule has 0 saturated heterocycles. The van der Waals surface area contributed by atoms with Crippen LogP contribution < -0.4 is 0 Å². The lowest BCUT2D eigenvalue weighted by Crippen LogP contribution is -1.79. The van der Waals surface area contributed by atoms with Crippen LogP contribution in [0.25, 0.3) is 6.08 Å². The fourth-order valence-electron chi connectivity index (χ4n) is 0.805. The first-order valence-corrected chi connectivity index (χ1v) is 4.26. The molecule has 1 N–H and O–H groups in total. The van der Waals surface area contributed by atoms with Crippen molar-refractivity contribution in [2.75, 3.05) is 6.61 Å². The molecule has 0 spiro atoms. The van der Waals surface area contributed by atoms with Gasteiger partial charge in [0.25, 0.3) is 0 Å². The Bertz CT molecular complexity index is 297. The van der Waals surface area contributed by atoms with E-state index in [9.17, 15) is 4.39 Å². The standard InChI is InChI=1S/C9H8BrFO/c10-8-6-7(2-1-5-12)3-4-9(8)11/h1-4,6,12H,5H2. The van der Waals surface area contributed by atoms with Crippen molar-refractivity contribution in [1.29, 1.82) is 0 Å². The number of hydrogen-bond donors (Lipinski definition) is 1. The van der Waals surface area contributed by atoms with Gasteiger partial charge < -0.3 is 5.11 Å². The van der Waals surface area contributed by atoms with Crippen LogP contribution in [-0.2, 0) is 0 Å². The molecule has 1 aromatic carbocycles. The van der Waals surface area contributed by atoms with Gasteiger partial charge in [-0.3, -0.25) is 0 Å². The summed E-state index contributed by atoms with van der Waals surface area (Å²) >= 11 is 3.07. The van der Waals surface area contributed by atoms with E-state index in [1.165, 1.54) is 6.07 Å². The number of rotatable bonds is 2. The molecular weight excluding hydrogens is 223 g/mol. The van der Waals surface area contributed by atoms with E-state index in [1.807, 2.05) is 0 Å². The molecule has 3 heteroatoms. The first-order valence-electron chi connectivity index (χ1n) is 3.46. The maximum atomic E-state index is 12.7. The highest BCUT2D eigenvalue weighted by atomic mass is 79.9. The first-order chi connectivity index (χ1) is 5.74. The highest BCUT2D eigenvalue weighted by Crippen LogP contribution is 2.17. The zero-order valence-electron chi connectivity index (χ0n) is 6.30. The van der Waals surface area contributed by atoms with Crippen LogP contribution >= 0.6 is 15.9 Å². The summed E-state index contributed by atoms with van der Waals surface area (Å²) in [6, 6.07) is 4.68. The Morgan fingerprint density at radius 3 is 2.83 bits per heavy atom. The van der Waals surface area contributed by atoms with Gasteiger partial charge in [0.1, 0.15) is 5.82 Å². The van der Waals surface area contributed by atoms with Crippen molar-refractivity contribution in [2.45, 2.75) is 0 Å². The molecule has 0 aromatic heterocycles. The van der Waals surface area contributed by atoms with Crippen LogP contribution in [0.15, 0.2) is 28.7 Å². The summed E-state index contributed by atoms with van der Waals surface area (Å²) in [7, 11) is 0. The molecule has 0 aliphatic rings. The molecule has 0 heterocycles. The van der Waals surface area contributed by atoms with Gasteiger partial charge in [0.05, 0.1) is 11.1 Å². The number of benzene rings is 1. The molecule has 0 bridgehead atoms. The fourth-order valence-corrected chi connectivity index (χ4v) is 1.20. The molecule has 0 aliphatic carbocycles. The molecule has 0 fully saturated rings. The van der Waals surface area contributed by atoms with Crippen molar-refractivity contribution in [3.05, 3.63) is 40.1 Å². The van der Waals surface area contributed by atoms with Crippen LogP contribution in [0.1, 0.15) is 5.56 Å². The third-order valence-corrected chi connectivity index (χ3v) is 1.97. The van der Waals surface area contributed by atoms with Crippen molar-refractivity contribution in [3.63, 3.8) is 0 Å². The van der Waals surface area contributed by atoms with Gasteiger partial charge in [-0.05, 0) is 33.6 Å². The highest BCUT2D eigenvalue weighted by molar-refractivity contribution is 9.10. The average molecular weight is 231 g/mol. The number of aliphatic hydroxyl groups excluding tert-OH is 1. The third kappa shape index (κ3) is 2.43. The minimum Gasteiger partial charge on any atom is -0.392 e. The summed E-state index contributed by atoms with van der Waals surface area (Å²) in [6.07, 6.45) is 3.32. The van der Waals surface area contributed by atoms with Gasteiger partial charge in [0.15, 0.2) is 0 Å². The van der Waals surface area contributed by atoms with Crippen molar-refractivity contribution in [1.82, 2.24) is 0 Å². The zero-order chi connectivity index (χ0) is 8.97. The van der Waals surface area contributed by atoms with Gasteiger partial charge >= 0.3 is 0 Å². The van der Waals surface area contributed by atoms with E-state index in [0.717, 1.165) is 5.56 Å². The Labute approximate surface area is 78.7 Å². The quantitative estimate of drug-likeness (QED) is 0.829. The van der Waals surface area contributed by atoms with E-state index < -0.39 is 0 Å². The summed E-state index contributed by atoms with van der Waals surface area (Å²) in [6.45, 7) is -0.00496. The van der Waals surface area contributed by atoms with E-state index in [2.05, 4.69) is 15.9 Å². The molecule has 0 saturated carbocycles. The first kappa shape index (κ1) is 9.42. The molecule has 0 aliphatic heterocycles. The number of hydrogen-bond acceptors (Lipinski definition) is 1. The van der Waals surface area contributed by atoms with Gasteiger partial charge in [0, 0.05) is 0 Å². The second kappa shape index (κ2) is 4.38. The number of aliphatic hydroxyl groups is 1. The summed E-state index contributed by atoms with van der Waals surface area (Å²) in [5.74, 6) is -0.281. The van der Waals surface area contributed by atoms with Crippen molar-refractivity contribution < 1.29 is 9.50 Å². The molecule has 64 valence electrons. The molecule has 12 heavy (non-hydrogen) atoms.